The number of rotatable bonds is 9. The zero-order chi connectivity index (χ0) is 24.5. The minimum atomic E-state index is -0.158. The highest BCUT2D eigenvalue weighted by molar-refractivity contribution is 5.92. The average Bonchev–Trinajstić information content (AvgIpc) is 3.29. The molecule has 0 saturated carbocycles. The number of pyridine rings is 1. The van der Waals surface area contributed by atoms with Gasteiger partial charge in [-0.05, 0) is 30.2 Å². The summed E-state index contributed by atoms with van der Waals surface area (Å²) in [6, 6.07) is 24.2. The van der Waals surface area contributed by atoms with Gasteiger partial charge in [-0.15, -0.1) is 0 Å². The number of hydrogen-bond acceptors (Lipinski definition) is 4. The molecule has 0 spiro atoms. The smallest absolute Gasteiger partial charge is 0.246 e. The lowest BCUT2D eigenvalue weighted by atomic mass is 10.1. The Bertz CT molecular complexity index is 1320. The summed E-state index contributed by atoms with van der Waals surface area (Å²) in [6.45, 7) is 3.44. The van der Waals surface area contributed by atoms with Crippen LogP contribution < -0.4 is 0 Å². The van der Waals surface area contributed by atoms with E-state index in [1.807, 2.05) is 59.4 Å². The van der Waals surface area contributed by atoms with Crippen LogP contribution in [0.4, 0.5) is 0 Å². The minimum Gasteiger partial charge on any atom is -0.334 e. The van der Waals surface area contributed by atoms with Gasteiger partial charge in [0.15, 0.2) is 0 Å². The van der Waals surface area contributed by atoms with Crippen LogP contribution in [0.5, 0.6) is 0 Å². The number of benzene rings is 2. The molecular formula is C29H27N5O. The van der Waals surface area contributed by atoms with Gasteiger partial charge in [-0.2, -0.15) is 10.4 Å². The van der Waals surface area contributed by atoms with Gasteiger partial charge in [0.25, 0.3) is 0 Å². The summed E-state index contributed by atoms with van der Waals surface area (Å²) in [5.41, 5.74) is 5.92. The Balaban J connectivity index is 1.60. The Morgan fingerprint density at radius 2 is 1.83 bits per heavy atom. The van der Waals surface area contributed by atoms with E-state index in [1.165, 1.54) is 5.56 Å². The van der Waals surface area contributed by atoms with Crippen molar-refractivity contribution < 1.29 is 4.79 Å². The first-order valence-corrected chi connectivity index (χ1v) is 11.5. The molecule has 2 aromatic heterocycles. The molecular weight excluding hydrogens is 434 g/mol. The number of aryl methyl sites for hydroxylation is 1. The van der Waals surface area contributed by atoms with Crippen molar-refractivity contribution in [3.63, 3.8) is 0 Å². The van der Waals surface area contributed by atoms with Gasteiger partial charge in [-0.3, -0.25) is 14.5 Å². The molecule has 4 aromatic rings. The molecule has 0 aliphatic rings. The van der Waals surface area contributed by atoms with Crippen molar-refractivity contribution in [3.8, 4) is 17.3 Å². The van der Waals surface area contributed by atoms with Crippen LogP contribution in [0, 0.1) is 18.3 Å². The van der Waals surface area contributed by atoms with E-state index < -0.39 is 0 Å². The fraction of sp³-hybridized carbons (Fsp3) is 0.172. The second-order valence-electron chi connectivity index (χ2n) is 8.34. The number of nitriles is 1. The summed E-state index contributed by atoms with van der Waals surface area (Å²) in [4.78, 5) is 18.9. The van der Waals surface area contributed by atoms with Crippen LogP contribution in [0.15, 0.2) is 91.4 Å². The lowest BCUT2D eigenvalue weighted by molar-refractivity contribution is -0.126. The quantitative estimate of drug-likeness (QED) is 0.319. The van der Waals surface area contributed by atoms with Gasteiger partial charge >= 0.3 is 0 Å². The van der Waals surface area contributed by atoms with Crippen LogP contribution in [-0.4, -0.2) is 32.1 Å². The summed E-state index contributed by atoms with van der Waals surface area (Å²) in [7, 11) is 0. The number of amides is 1. The summed E-state index contributed by atoms with van der Waals surface area (Å²) >= 11 is 0. The van der Waals surface area contributed by atoms with Gasteiger partial charge in [0, 0.05) is 48.9 Å². The third kappa shape index (κ3) is 6.52. The average molecular weight is 462 g/mol. The summed E-state index contributed by atoms with van der Waals surface area (Å²) < 4.78 is 1.90. The third-order valence-electron chi connectivity index (χ3n) is 5.61. The van der Waals surface area contributed by atoms with E-state index in [1.54, 1.807) is 23.4 Å². The van der Waals surface area contributed by atoms with Gasteiger partial charge in [0.05, 0.1) is 24.7 Å². The molecule has 2 aromatic carbocycles. The molecule has 2 heterocycles. The first kappa shape index (κ1) is 23.7. The van der Waals surface area contributed by atoms with E-state index in [-0.39, 0.29) is 12.3 Å². The van der Waals surface area contributed by atoms with Gasteiger partial charge in [-0.1, -0.05) is 66.2 Å². The molecule has 174 valence electrons. The van der Waals surface area contributed by atoms with E-state index in [0.29, 0.717) is 19.6 Å². The first-order chi connectivity index (χ1) is 17.1. The van der Waals surface area contributed by atoms with Crippen molar-refractivity contribution >= 4 is 12.0 Å². The summed E-state index contributed by atoms with van der Waals surface area (Å²) in [5.74, 6) is -0.158. The normalized spacial score (nSPS) is 10.9. The van der Waals surface area contributed by atoms with Crippen LogP contribution in [0.25, 0.3) is 17.3 Å². The Labute approximate surface area is 205 Å². The molecule has 6 nitrogen and oxygen atoms in total. The van der Waals surface area contributed by atoms with Crippen molar-refractivity contribution in [2.24, 2.45) is 0 Å². The molecule has 0 N–H and O–H groups in total. The third-order valence-corrected chi connectivity index (χ3v) is 5.61. The number of carbonyl (C=O) groups is 1. The molecule has 0 aliphatic heterocycles. The molecule has 0 radical (unpaired) electrons. The Morgan fingerprint density at radius 1 is 1.06 bits per heavy atom. The predicted molar refractivity (Wildman–Crippen MR) is 137 cm³/mol. The van der Waals surface area contributed by atoms with E-state index in [0.717, 1.165) is 27.9 Å². The molecule has 35 heavy (non-hydrogen) atoms. The summed E-state index contributed by atoms with van der Waals surface area (Å²) in [6.07, 6.45) is 9.05. The van der Waals surface area contributed by atoms with E-state index in [4.69, 9.17) is 10.4 Å². The topological polar surface area (TPSA) is 74.8 Å². The maximum Gasteiger partial charge on any atom is 0.246 e. The van der Waals surface area contributed by atoms with Crippen LogP contribution in [0.2, 0.25) is 0 Å². The van der Waals surface area contributed by atoms with Crippen LogP contribution in [-0.2, 0) is 17.9 Å². The Hall–Kier alpha value is -4.50. The van der Waals surface area contributed by atoms with Crippen LogP contribution >= 0.6 is 0 Å². The van der Waals surface area contributed by atoms with Crippen molar-refractivity contribution in [2.75, 3.05) is 6.54 Å². The van der Waals surface area contributed by atoms with Crippen molar-refractivity contribution in [2.45, 2.75) is 26.4 Å². The molecule has 0 bridgehead atoms. The highest BCUT2D eigenvalue weighted by Crippen LogP contribution is 2.24. The van der Waals surface area contributed by atoms with Crippen molar-refractivity contribution in [1.29, 1.82) is 5.26 Å². The van der Waals surface area contributed by atoms with Gasteiger partial charge < -0.3 is 4.90 Å². The van der Waals surface area contributed by atoms with Crippen molar-refractivity contribution in [3.05, 3.63) is 114 Å². The van der Waals surface area contributed by atoms with E-state index in [2.05, 4.69) is 42.2 Å². The lowest BCUT2D eigenvalue weighted by Crippen LogP contribution is -2.29. The van der Waals surface area contributed by atoms with E-state index in [9.17, 15) is 4.79 Å². The molecule has 6 heteroatoms. The van der Waals surface area contributed by atoms with Gasteiger partial charge in [0.1, 0.15) is 0 Å². The minimum absolute atomic E-state index is 0.158. The second kappa shape index (κ2) is 11.6. The lowest BCUT2D eigenvalue weighted by Gasteiger charge is -2.19. The Morgan fingerprint density at radius 3 is 2.54 bits per heavy atom. The van der Waals surface area contributed by atoms with Gasteiger partial charge in [-0.25, -0.2) is 0 Å². The molecule has 0 aliphatic carbocycles. The maximum absolute atomic E-state index is 13.1. The fourth-order valence-electron chi connectivity index (χ4n) is 3.78. The van der Waals surface area contributed by atoms with Gasteiger partial charge in [0.2, 0.25) is 5.91 Å². The second-order valence-corrected chi connectivity index (χ2v) is 8.34. The SMILES string of the molecule is Cc1ccc(-c2nn(Cc3ccccc3)cc2/C=C/C(=O)N(CCC#N)Cc2cccnc2)cc1. The highest BCUT2D eigenvalue weighted by atomic mass is 16.2. The fourth-order valence-corrected chi connectivity index (χ4v) is 3.78. The number of nitrogens with zero attached hydrogens (tertiary/aromatic N) is 5. The molecule has 0 fully saturated rings. The molecule has 0 unspecified atom stereocenters. The largest absolute Gasteiger partial charge is 0.334 e. The molecule has 1 amide bonds. The highest BCUT2D eigenvalue weighted by Gasteiger charge is 2.14. The zero-order valence-corrected chi connectivity index (χ0v) is 19.7. The molecule has 4 rings (SSSR count). The van der Waals surface area contributed by atoms with Crippen molar-refractivity contribution in [1.82, 2.24) is 19.7 Å². The van der Waals surface area contributed by atoms with Crippen LogP contribution in [0.1, 0.15) is 28.7 Å². The number of aromatic nitrogens is 3. The zero-order valence-electron chi connectivity index (χ0n) is 19.7. The number of carbonyl (C=O) groups excluding carboxylic acids is 1. The van der Waals surface area contributed by atoms with Crippen LogP contribution in [0.3, 0.4) is 0 Å². The predicted octanol–water partition coefficient (Wildman–Crippen LogP) is 5.26. The number of hydrogen-bond donors (Lipinski definition) is 0. The standard InChI is InChI=1S/C29H27N5O/c1-23-10-12-26(13-11-23)29-27(22-34(32-29)21-24-7-3-2-4-8-24)14-15-28(35)33(18-6-16-30)20-25-9-5-17-31-19-25/h2-5,7-15,17,19,22H,6,18,20-21H2,1H3/b15-14+. The first-order valence-electron chi connectivity index (χ1n) is 11.5. The molecule has 0 saturated heterocycles. The Kier molecular flexibility index (Phi) is 7.82. The summed E-state index contributed by atoms with van der Waals surface area (Å²) in [5, 5.41) is 13.9. The molecule has 0 atom stereocenters. The monoisotopic (exact) mass is 461 g/mol. The van der Waals surface area contributed by atoms with E-state index >= 15 is 0 Å². The maximum atomic E-state index is 13.1.